The lowest BCUT2D eigenvalue weighted by Crippen LogP contribution is -2.29. The third kappa shape index (κ3) is 5.57. The molecule has 146 valence electrons. The fraction of sp³-hybridized carbons (Fsp3) is 0.450. The van der Waals surface area contributed by atoms with E-state index in [0.29, 0.717) is 43.9 Å². The second-order valence-corrected chi connectivity index (χ2v) is 6.34. The predicted molar refractivity (Wildman–Crippen MR) is 102 cm³/mol. The van der Waals surface area contributed by atoms with Gasteiger partial charge in [-0.3, -0.25) is 9.59 Å². The summed E-state index contributed by atoms with van der Waals surface area (Å²) in [7, 11) is 1.76. The van der Waals surface area contributed by atoms with Gasteiger partial charge in [0.15, 0.2) is 0 Å². The maximum absolute atomic E-state index is 12.3. The second-order valence-electron chi connectivity index (χ2n) is 6.34. The summed E-state index contributed by atoms with van der Waals surface area (Å²) < 4.78 is 10.6. The van der Waals surface area contributed by atoms with Crippen LogP contribution in [-0.2, 0) is 11.3 Å². The van der Waals surface area contributed by atoms with Gasteiger partial charge in [0.1, 0.15) is 11.5 Å². The first-order valence-corrected chi connectivity index (χ1v) is 9.09. The van der Waals surface area contributed by atoms with Crippen LogP contribution in [0, 0.1) is 13.8 Å². The summed E-state index contributed by atoms with van der Waals surface area (Å²) in [4.78, 5) is 26.2. The highest BCUT2D eigenvalue weighted by molar-refractivity contribution is 5.96. The zero-order valence-electron chi connectivity index (χ0n) is 16.4. The lowest BCUT2D eigenvalue weighted by Gasteiger charge is -2.17. The largest absolute Gasteiger partial charge is 0.493 e. The molecule has 0 fully saturated rings. The van der Waals surface area contributed by atoms with Crippen LogP contribution in [0.5, 0.6) is 5.75 Å². The number of nitrogens with zero attached hydrogens (tertiary/aromatic N) is 2. The Morgan fingerprint density at radius 3 is 2.67 bits per heavy atom. The molecule has 2 aromatic rings. The first-order valence-electron chi connectivity index (χ1n) is 9.09. The van der Waals surface area contributed by atoms with E-state index in [-0.39, 0.29) is 11.8 Å². The first-order chi connectivity index (χ1) is 12.9. The Morgan fingerprint density at radius 1 is 1.26 bits per heavy atom. The second kappa shape index (κ2) is 9.75. The van der Waals surface area contributed by atoms with Gasteiger partial charge < -0.3 is 19.5 Å². The van der Waals surface area contributed by atoms with Gasteiger partial charge in [-0.05, 0) is 39.3 Å². The Bertz CT molecular complexity index is 766. The van der Waals surface area contributed by atoms with E-state index in [1.165, 1.54) is 0 Å². The van der Waals surface area contributed by atoms with Gasteiger partial charge in [0.05, 0.1) is 24.4 Å². The van der Waals surface area contributed by atoms with Crippen LogP contribution in [0.15, 0.2) is 28.8 Å². The number of hydrogen-bond acceptors (Lipinski definition) is 5. The highest BCUT2D eigenvalue weighted by Gasteiger charge is 2.16. The van der Waals surface area contributed by atoms with Gasteiger partial charge in [-0.25, -0.2) is 0 Å². The van der Waals surface area contributed by atoms with E-state index >= 15 is 0 Å². The van der Waals surface area contributed by atoms with Crippen molar-refractivity contribution in [2.45, 2.75) is 40.2 Å². The molecule has 0 radical (unpaired) electrons. The standard InChI is InChI=1S/C20H27N3O4/c1-5-26-18-10-7-6-9-16(18)20(25)21-12-8-11-19(24)23(4)13-17-14(2)22-27-15(17)3/h6-7,9-10H,5,8,11-13H2,1-4H3,(H,21,25). The fourth-order valence-corrected chi connectivity index (χ4v) is 2.72. The van der Waals surface area contributed by atoms with Crippen LogP contribution < -0.4 is 10.1 Å². The van der Waals surface area contributed by atoms with Crippen LogP contribution in [-0.4, -0.2) is 42.1 Å². The molecule has 2 amide bonds. The Morgan fingerprint density at radius 2 is 2.00 bits per heavy atom. The molecule has 0 aliphatic heterocycles. The molecule has 7 heteroatoms. The molecule has 1 heterocycles. The maximum Gasteiger partial charge on any atom is 0.255 e. The smallest absolute Gasteiger partial charge is 0.255 e. The van der Waals surface area contributed by atoms with Crippen LogP contribution in [0.25, 0.3) is 0 Å². The highest BCUT2D eigenvalue weighted by atomic mass is 16.5. The number of aromatic nitrogens is 1. The van der Waals surface area contributed by atoms with E-state index in [9.17, 15) is 9.59 Å². The Balaban J connectivity index is 1.77. The molecule has 0 atom stereocenters. The zero-order chi connectivity index (χ0) is 19.8. The molecular formula is C20H27N3O4. The molecule has 1 aromatic heterocycles. The molecule has 1 N–H and O–H groups in total. The molecule has 0 spiro atoms. The Kier molecular flexibility index (Phi) is 7.40. The molecule has 0 aliphatic rings. The van der Waals surface area contributed by atoms with E-state index in [4.69, 9.17) is 9.26 Å². The third-order valence-corrected chi connectivity index (χ3v) is 4.29. The number of hydrogen-bond donors (Lipinski definition) is 1. The lowest BCUT2D eigenvalue weighted by molar-refractivity contribution is -0.130. The summed E-state index contributed by atoms with van der Waals surface area (Å²) in [5.41, 5.74) is 2.24. The minimum absolute atomic E-state index is 0.0129. The van der Waals surface area contributed by atoms with Crippen LogP contribution in [0.1, 0.15) is 47.1 Å². The molecule has 27 heavy (non-hydrogen) atoms. The van der Waals surface area contributed by atoms with Gasteiger partial charge >= 0.3 is 0 Å². The number of aryl methyl sites for hydroxylation is 2. The maximum atomic E-state index is 12.3. The minimum Gasteiger partial charge on any atom is -0.493 e. The Labute approximate surface area is 159 Å². The van der Waals surface area contributed by atoms with Gasteiger partial charge in [-0.2, -0.15) is 0 Å². The number of ether oxygens (including phenoxy) is 1. The van der Waals surface area contributed by atoms with E-state index in [2.05, 4.69) is 10.5 Å². The summed E-state index contributed by atoms with van der Waals surface area (Å²) in [5.74, 6) is 1.11. The van der Waals surface area contributed by atoms with E-state index in [1.54, 1.807) is 30.1 Å². The SMILES string of the molecule is CCOc1ccccc1C(=O)NCCCC(=O)N(C)Cc1c(C)noc1C. The summed E-state index contributed by atoms with van der Waals surface area (Å²) in [6.07, 6.45) is 0.917. The number of para-hydroxylation sites is 1. The topological polar surface area (TPSA) is 84.7 Å². The van der Waals surface area contributed by atoms with Gasteiger partial charge in [-0.15, -0.1) is 0 Å². The lowest BCUT2D eigenvalue weighted by atomic mass is 10.1. The van der Waals surface area contributed by atoms with Crippen molar-refractivity contribution in [3.05, 3.63) is 46.8 Å². The molecule has 0 unspecified atom stereocenters. The quantitative estimate of drug-likeness (QED) is 0.683. The number of rotatable bonds is 9. The summed E-state index contributed by atoms with van der Waals surface area (Å²) in [6, 6.07) is 7.12. The van der Waals surface area contributed by atoms with Crippen LogP contribution in [0.2, 0.25) is 0 Å². The first kappa shape index (κ1) is 20.5. The summed E-state index contributed by atoms with van der Waals surface area (Å²) >= 11 is 0. The average molecular weight is 373 g/mol. The number of nitrogens with one attached hydrogen (secondary N) is 1. The van der Waals surface area contributed by atoms with Crippen molar-refractivity contribution in [3.63, 3.8) is 0 Å². The molecule has 0 bridgehead atoms. The number of carbonyl (C=O) groups is 2. The molecule has 1 aromatic carbocycles. The molecule has 0 saturated carbocycles. The molecular weight excluding hydrogens is 346 g/mol. The van der Waals surface area contributed by atoms with Crippen molar-refractivity contribution >= 4 is 11.8 Å². The van der Waals surface area contributed by atoms with Crippen molar-refractivity contribution in [1.82, 2.24) is 15.4 Å². The summed E-state index contributed by atoms with van der Waals surface area (Å²) in [6.45, 7) is 6.96. The van der Waals surface area contributed by atoms with Crippen LogP contribution >= 0.6 is 0 Å². The van der Waals surface area contributed by atoms with Crippen molar-refractivity contribution in [3.8, 4) is 5.75 Å². The number of carbonyl (C=O) groups excluding carboxylic acids is 2. The van der Waals surface area contributed by atoms with Crippen molar-refractivity contribution in [2.75, 3.05) is 20.2 Å². The number of benzene rings is 1. The molecule has 0 aliphatic carbocycles. The average Bonchev–Trinajstić information content (AvgIpc) is 2.97. The molecule has 7 nitrogen and oxygen atoms in total. The molecule has 0 saturated heterocycles. The van der Waals surface area contributed by atoms with Gasteiger partial charge in [-0.1, -0.05) is 17.3 Å². The number of amides is 2. The van der Waals surface area contributed by atoms with E-state index in [0.717, 1.165) is 17.0 Å². The Hall–Kier alpha value is -2.83. The van der Waals surface area contributed by atoms with Gasteiger partial charge in [0, 0.05) is 25.6 Å². The van der Waals surface area contributed by atoms with Crippen LogP contribution in [0.4, 0.5) is 0 Å². The monoisotopic (exact) mass is 373 g/mol. The van der Waals surface area contributed by atoms with Crippen molar-refractivity contribution in [2.24, 2.45) is 0 Å². The van der Waals surface area contributed by atoms with Gasteiger partial charge in [0.2, 0.25) is 5.91 Å². The highest BCUT2D eigenvalue weighted by Crippen LogP contribution is 2.18. The zero-order valence-corrected chi connectivity index (χ0v) is 16.4. The van der Waals surface area contributed by atoms with Crippen molar-refractivity contribution in [1.29, 1.82) is 0 Å². The van der Waals surface area contributed by atoms with Crippen molar-refractivity contribution < 1.29 is 18.8 Å². The van der Waals surface area contributed by atoms with Gasteiger partial charge in [0.25, 0.3) is 5.91 Å². The normalized spacial score (nSPS) is 10.5. The summed E-state index contributed by atoms with van der Waals surface area (Å²) in [5, 5.41) is 6.74. The van der Waals surface area contributed by atoms with Crippen LogP contribution in [0.3, 0.4) is 0 Å². The predicted octanol–water partition coefficient (Wildman–Crippen LogP) is 2.86. The third-order valence-electron chi connectivity index (χ3n) is 4.29. The van der Waals surface area contributed by atoms with E-state index < -0.39 is 0 Å². The minimum atomic E-state index is -0.199. The fourth-order valence-electron chi connectivity index (χ4n) is 2.72. The van der Waals surface area contributed by atoms with E-state index in [1.807, 2.05) is 26.8 Å². The molecule has 2 rings (SSSR count).